The molecule has 0 radical (unpaired) electrons. The van der Waals surface area contributed by atoms with Crippen molar-refractivity contribution in [3.63, 3.8) is 0 Å². The summed E-state index contributed by atoms with van der Waals surface area (Å²) in [5.74, 6) is 0. The Hall–Kier alpha value is -1.85. The molecule has 0 fully saturated rings. The van der Waals surface area contributed by atoms with E-state index in [9.17, 15) is 8.42 Å². The molecule has 0 bridgehead atoms. The molecular formula is C16H20N2O2S. The van der Waals surface area contributed by atoms with Gasteiger partial charge in [-0.3, -0.25) is 4.31 Å². The van der Waals surface area contributed by atoms with Gasteiger partial charge < -0.3 is 5.73 Å². The highest BCUT2D eigenvalue weighted by Crippen LogP contribution is 2.25. The van der Waals surface area contributed by atoms with Gasteiger partial charge in [-0.2, -0.15) is 0 Å². The van der Waals surface area contributed by atoms with Gasteiger partial charge >= 0.3 is 0 Å². The Labute approximate surface area is 126 Å². The van der Waals surface area contributed by atoms with Crippen molar-refractivity contribution in [3.8, 4) is 0 Å². The van der Waals surface area contributed by atoms with Crippen LogP contribution in [0, 0.1) is 6.92 Å². The Morgan fingerprint density at radius 2 is 1.67 bits per heavy atom. The molecule has 0 saturated heterocycles. The van der Waals surface area contributed by atoms with E-state index < -0.39 is 10.0 Å². The minimum atomic E-state index is -3.55. The molecule has 0 aliphatic rings. The lowest BCUT2D eigenvalue weighted by Gasteiger charge is -2.24. The second kappa shape index (κ2) is 6.28. The summed E-state index contributed by atoms with van der Waals surface area (Å²) in [6.45, 7) is 4.44. The van der Waals surface area contributed by atoms with Crippen LogP contribution in [0.3, 0.4) is 0 Å². The molecule has 112 valence electrons. The van der Waals surface area contributed by atoms with Crippen molar-refractivity contribution in [2.75, 3.05) is 10.8 Å². The van der Waals surface area contributed by atoms with E-state index in [-0.39, 0.29) is 0 Å². The van der Waals surface area contributed by atoms with Crippen molar-refractivity contribution < 1.29 is 8.42 Å². The van der Waals surface area contributed by atoms with Gasteiger partial charge in [0, 0.05) is 13.1 Å². The number of nitrogens with zero attached hydrogens (tertiary/aromatic N) is 1. The molecule has 0 heterocycles. The first kappa shape index (κ1) is 15.5. The van der Waals surface area contributed by atoms with Gasteiger partial charge in [0.25, 0.3) is 10.0 Å². The summed E-state index contributed by atoms with van der Waals surface area (Å²) in [5, 5.41) is 0. The largest absolute Gasteiger partial charge is 0.326 e. The maximum absolute atomic E-state index is 12.8. The van der Waals surface area contributed by atoms with Gasteiger partial charge in [0.05, 0.1) is 10.6 Å². The summed E-state index contributed by atoms with van der Waals surface area (Å²) in [6, 6.07) is 14.3. The van der Waals surface area contributed by atoms with Crippen LogP contribution in [-0.2, 0) is 16.6 Å². The standard InChI is InChI=1S/C16H20N2O2S/c1-3-18(15-10-8-14(12-17)9-11-15)21(19,20)16-7-5-4-6-13(16)2/h4-11H,3,12,17H2,1-2H3. The zero-order valence-corrected chi connectivity index (χ0v) is 13.1. The maximum Gasteiger partial charge on any atom is 0.264 e. The van der Waals surface area contributed by atoms with Gasteiger partial charge in [0.2, 0.25) is 0 Å². The summed E-state index contributed by atoms with van der Waals surface area (Å²) < 4.78 is 27.1. The zero-order valence-electron chi connectivity index (χ0n) is 12.3. The Morgan fingerprint density at radius 3 is 2.19 bits per heavy atom. The van der Waals surface area contributed by atoms with Crippen LogP contribution in [0.25, 0.3) is 0 Å². The third-order valence-electron chi connectivity index (χ3n) is 3.41. The summed E-state index contributed by atoms with van der Waals surface area (Å²) in [4.78, 5) is 0.342. The molecule has 0 atom stereocenters. The smallest absolute Gasteiger partial charge is 0.264 e. The summed E-state index contributed by atoms with van der Waals surface area (Å²) in [5.41, 5.74) is 7.94. The van der Waals surface area contributed by atoms with E-state index in [1.54, 1.807) is 37.3 Å². The third-order valence-corrected chi connectivity index (χ3v) is 5.47. The van der Waals surface area contributed by atoms with Gasteiger partial charge in [-0.25, -0.2) is 8.42 Å². The van der Waals surface area contributed by atoms with E-state index >= 15 is 0 Å². The summed E-state index contributed by atoms with van der Waals surface area (Å²) >= 11 is 0. The number of anilines is 1. The van der Waals surface area contributed by atoms with Gasteiger partial charge in [-0.15, -0.1) is 0 Å². The van der Waals surface area contributed by atoms with Gasteiger partial charge in [0.1, 0.15) is 0 Å². The minimum Gasteiger partial charge on any atom is -0.326 e. The fourth-order valence-electron chi connectivity index (χ4n) is 2.25. The predicted molar refractivity (Wildman–Crippen MR) is 85.7 cm³/mol. The van der Waals surface area contributed by atoms with E-state index in [1.807, 2.05) is 25.1 Å². The average Bonchev–Trinajstić information content (AvgIpc) is 2.48. The van der Waals surface area contributed by atoms with Gasteiger partial charge in [0.15, 0.2) is 0 Å². The lowest BCUT2D eigenvalue weighted by atomic mass is 10.2. The van der Waals surface area contributed by atoms with Crippen molar-refractivity contribution in [1.29, 1.82) is 0 Å². The average molecular weight is 304 g/mol. The fourth-order valence-corrected chi connectivity index (χ4v) is 3.96. The Morgan fingerprint density at radius 1 is 1.05 bits per heavy atom. The van der Waals surface area contributed by atoms with Gasteiger partial charge in [-0.1, -0.05) is 30.3 Å². The number of nitrogens with two attached hydrogens (primary N) is 1. The van der Waals surface area contributed by atoms with Crippen LogP contribution in [0.1, 0.15) is 18.1 Å². The molecule has 21 heavy (non-hydrogen) atoms. The molecule has 0 amide bonds. The van der Waals surface area contributed by atoms with E-state index in [1.165, 1.54) is 4.31 Å². The molecular weight excluding hydrogens is 284 g/mol. The monoisotopic (exact) mass is 304 g/mol. The molecule has 5 heteroatoms. The normalized spacial score (nSPS) is 11.4. The number of hydrogen-bond donors (Lipinski definition) is 1. The first-order chi connectivity index (χ1) is 10.0. The highest BCUT2D eigenvalue weighted by atomic mass is 32.2. The van der Waals surface area contributed by atoms with E-state index in [0.717, 1.165) is 11.1 Å². The maximum atomic E-state index is 12.8. The molecule has 0 aliphatic heterocycles. The summed E-state index contributed by atoms with van der Waals surface area (Å²) in [6.07, 6.45) is 0. The number of aryl methyl sites for hydroxylation is 1. The molecule has 0 unspecified atom stereocenters. The highest BCUT2D eigenvalue weighted by molar-refractivity contribution is 7.92. The molecule has 0 spiro atoms. The topological polar surface area (TPSA) is 63.4 Å². The lowest BCUT2D eigenvalue weighted by Crippen LogP contribution is -2.31. The van der Waals surface area contributed by atoms with E-state index in [2.05, 4.69) is 0 Å². The SMILES string of the molecule is CCN(c1ccc(CN)cc1)S(=O)(=O)c1ccccc1C. The quantitative estimate of drug-likeness (QED) is 0.923. The van der Waals surface area contributed by atoms with Crippen LogP contribution in [0.5, 0.6) is 0 Å². The number of sulfonamides is 1. The predicted octanol–water partition coefficient (Wildman–Crippen LogP) is 2.67. The molecule has 0 saturated carbocycles. The van der Waals surface area contributed by atoms with Crippen molar-refractivity contribution in [3.05, 3.63) is 59.7 Å². The molecule has 2 rings (SSSR count). The Bertz CT molecular complexity index is 709. The van der Waals surface area contributed by atoms with Crippen LogP contribution in [0.2, 0.25) is 0 Å². The van der Waals surface area contributed by atoms with Crippen molar-refractivity contribution in [2.45, 2.75) is 25.3 Å². The number of rotatable bonds is 5. The van der Waals surface area contributed by atoms with Gasteiger partial charge in [-0.05, 0) is 43.2 Å². The van der Waals surface area contributed by atoms with Crippen LogP contribution in [0.4, 0.5) is 5.69 Å². The second-order valence-electron chi connectivity index (χ2n) is 4.81. The highest BCUT2D eigenvalue weighted by Gasteiger charge is 2.24. The minimum absolute atomic E-state index is 0.342. The summed E-state index contributed by atoms with van der Waals surface area (Å²) in [7, 11) is -3.55. The molecule has 4 nitrogen and oxygen atoms in total. The Kier molecular flexibility index (Phi) is 4.65. The van der Waals surface area contributed by atoms with Crippen molar-refractivity contribution in [2.24, 2.45) is 5.73 Å². The molecule has 2 aromatic carbocycles. The van der Waals surface area contributed by atoms with Crippen LogP contribution in [-0.4, -0.2) is 15.0 Å². The number of benzene rings is 2. The third kappa shape index (κ3) is 3.09. The lowest BCUT2D eigenvalue weighted by molar-refractivity contribution is 0.591. The van der Waals surface area contributed by atoms with E-state index in [0.29, 0.717) is 23.7 Å². The van der Waals surface area contributed by atoms with E-state index in [4.69, 9.17) is 5.73 Å². The molecule has 0 aromatic heterocycles. The van der Waals surface area contributed by atoms with Crippen molar-refractivity contribution >= 4 is 15.7 Å². The first-order valence-corrected chi connectivity index (χ1v) is 8.32. The van der Waals surface area contributed by atoms with Crippen molar-refractivity contribution in [1.82, 2.24) is 0 Å². The second-order valence-corrected chi connectivity index (χ2v) is 6.64. The number of hydrogen-bond acceptors (Lipinski definition) is 3. The molecule has 2 N–H and O–H groups in total. The first-order valence-electron chi connectivity index (χ1n) is 6.88. The fraction of sp³-hybridized carbons (Fsp3) is 0.250. The zero-order chi connectivity index (χ0) is 15.5. The Balaban J connectivity index is 2.46. The van der Waals surface area contributed by atoms with Crippen LogP contribution < -0.4 is 10.0 Å². The van der Waals surface area contributed by atoms with Crippen LogP contribution in [0.15, 0.2) is 53.4 Å². The molecule has 2 aromatic rings. The molecule has 0 aliphatic carbocycles. The van der Waals surface area contributed by atoms with Crippen LogP contribution >= 0.6 is 0 Å².